The van der Waals surface area contributed by atoms with E-state index in [4.69, 9.17) is 9.26 Å². The van der Waals surface area contributed by atoms with Crippen LogP contribution < -0.4 is 4.31 Å². The molecule has 4 aromatic rings. The van der Waals surface area contributed by atoms with Crippen LogP contribution in [0.5, 0.6) is 0 Å². The van der Waals surface area contributed by atoms with Crippen LogP contribution in [0.1, 0.15) is 28.7 Å². The Hall–Kier alpha value is -3.50. The summed E-state index contributed by atoms with van der Waals surface area (Å²) in [4.78, 5) is 17.7. The number of sulfonamides is 1. The van der Waals surface area contributed by atoms with Gasteiger partial charge in [0.25, 0.3) is 15.9 Å². The molecule has 0 amide bonds. The highest BCUT2D eigenvalue weighted by Gasteiger charge is 2.36. The van der Waals surface area contributed by atoms with Crippen molar-refractivity contribution in [2.24, 2.45) is 0 Å². The Morgan fingerprint density at radius 1 is 1.18 bits per heavy atom. The first-order valence-corrected chi connectivity index (χ1v) is 12.5. The van der Waals surface area contributed by atoms with E-state index in [-0.39, 0.29) is 28.9 Å². The lowest BCUT2D eigenvalue weighted by Gasteiger charge is -2.24. The molecule has 0 N–H and O–H groups in total. The number of hydrogen-bond donors (Lipinski definition) is 0. The zero-order valence-electron chi connectivity index (χ0n) is 17.5. The molecule has 0 aliphatic carbocycles. The monoisotopic (exact) mass is 481 g/mol. The van der Waals surface area contributed by atoms with Crippen LogP contribution in [0, 0.1) is 0 Å². The van der Waals surface area contributed by atoms with Crippen LogP contribution in [-0.2, 0) is 27.8 Å². The summed E-state index contributed by atoms with van der Waals surface area (Å²) in [5.74, 6) is -0.105. The van der Waals surface area contributed by atoms with Crippen molar-refractivity contribution in [2.75, 3.05) is 4.31 Å². The van der Waals surface area contributed by atoms with Crippen molar-refractivity contribution in [3.05, 3.63) is 83.0 Å². The molecule has 2 aromatic carbocycles. The van der Waals surface area contributed by atoms with Crippen molar-refractivity contribution in [3.63, 3.8) is 0 Å². The predicted octanol–water partition coefficient (Wildman–Crippen LogP) is 4.30. The van der Waals surface area contributed by atoms with E-state index in [2.05, 4.69) is 10.1 Å². The molecule has 0 fully saturated rings. The number of benzene rings is 2. The number of rotatable bonds is 6. The number of para-hydroxylation sites is 1. The topological polar surface area (TPSA) is 103 Å². The van der Waals surface area contributed by atoms with Crippen LogP contribution in [0.2, 0.25) is 0 Å². The van der Waals surface area contributed by atoms with Crippen LogP contribution >= 0.6 is 11.3 Å². The first-order chi connectivity index (χ1) is 15.9. The van der Waals surface area contributed by atoms with E-state index in [0.717, 1.165) is 10.4 Å². The van der Waals surface area contributed by atoms with E-state index in [1.165, 1.54) is 39.9 Å². The summed E-state index contributed by atoms with van der Waals surface area (Å²) in [6, 6.07) is 16.8. The minimum Gasteiger partial charge on any atom is -0.454 e. The fourth-order valence-corrected chi connectivity index (χ4v) is 6.21. The third-order valence-electron chi connectivity index (χ3n) is 5.30. The maximum Gasteiger partial charge on any atom is 0.338 e. The molecule has 3 heterocycles. The highest BCUT2D eigenvalue weighted by molar-refractivity contribution is 7.92. The van der Waals surface area contributed by atoms with E-state index in [0.29, 0.717) is 18.0 Å². The molecule has 1 atom stereocenters. The van der Waals surface area contributed by atoms with Crippen molar-refractivity contribution in [1.82, 2.24) is 10.1 Å². The lowest BCUT2D eigenvalue weighted by molar-refractivity contribution is 0.0459. The quantitative estimate of drug-likeness (QED) is 0.378. The molecule has 8 nitrogen and oxygen atoms in total. The van der Waals surface area contributed by atoms with Crippen molar-refractivity contribution in [1.29, 1.82) is 0 Å². The van der Waals surface area contributed by atoms with E-state index in [1.54, 1.807) is 6.07 Å². The van der Waals surface area contributed by atoms with Crippen LogP contribution in [0.15, 0.2) is 75.5 Å². The highest BCUT2D eigenvalue weighted by atomic mass is 32.2. The number of hydrogen-bond acceptors (Lipinski definition) is 8. The second kappa shape index (κ2) is 8.45. The second-order valence-electron chi connectivity index (χ2n) is 7.58. The summed E-state index contributed by atoms with van der Waals surface area (Å²) in [5, 5.41) is 5.71. The Labute approximate surface area is 194 Å². The Kier molecular flexibility index (Phi) is 5.47. The highest BCUT2D eigenvalue weighted by Crippen LogP contribution is 2.36. The van der Waals surface area contributed by atoms with E-state index in [9.17, 15) is 13.2 Å². The second-order valence-corrected chi connectivity index (χ2v) is 10.3. The van der Waals surface area contributed by atoms with Crippen molar-refractivity contribution in [2.45, 2.75) is 30.9 Å². The molecule has 0 spiro atoms. The van der Waals surface area contributed by atoms with Gasteiger partial charge in [-0.1, -0.05) is 35.5 Å². The number of carbonyl (C=O) groups excluding carboxylic acids is 1. The molecule has 168 valence electrons. The van der Waals surface area contributed by atoms with E-state index in [1.807, 2.05) is 42.6 Å². The summed E-state index contributed by atoms with van der Waals surface area (Å²) in [6.45, 7) is 1.67. The maximum absolute atomic E-state index is 13.4. The SMILES string of the molecule is CC1Cc2ccccc2N1S(=O)(=O)c1cccc(C(=O)OCc2noc(-c3cccs3)n2)c1. The van der Waals surface area contributed by atoms with Gasteiger partial charge in [-0.25, -0.2) is 13.2 Å². The number of fused-ring (bicyclic) bond motifs is 1. The van der Waals surface area contributed by atoms with Gasteiger partial charge in [-0.3, -0.25) is 4.31 Å². The van der Waals surface area contributed by atoms with Gasteiger partial charge in [0.2, 0.25) is 5.82 Å². The van der Waals surface area contributed by atoms with Crippen LogP contribution in [0.3, 0.4) is 0 Å². The largest absolute Gasteiger partial charge is 0.454 e. The van der Waals surface area contributed by atoms with E-state index < -0.39 is 16.0 Å². The number of esters is 1. The number of thiophene rings is 1. The standard InChI is InChI=1S/C23H19N3O5S2/c1-15-12-16-6-2-3-9-19(16)26(15)33(28,29)18-8-4-7-17(13-18)23(27)30-14-21-24-22(31-25-21)20-10-5-11-32-20/h2-11,13,15H,12,14H2,1H3. The van der Waals surface area contributed by atoms with Crippen molar-refractivity contribution in [3.8, 4) is 10.8 Å². The number of aromatic nitrogens is 2. The summed E-state index contributed by atoms with van der Waals surface area (Å²) in [7, 11) is -3.86. The minimum atomic E-state index is -3.86. The molecule has 0 bridgehead atoms. The summed E-state index contributed by atoms with van der Waals surface area (Å²) >= 11 is 1.46. The lowest BCUT2D eigenvalue weighted by Crippen LogP contribution is -2.35. The fraction of sp³-hybridized carbons (Fsp3) is 0.174. The zero-order chi connectivity index (χ0) is 23.0. The van der Waals surface area contributed by atoms with E-state index >= 15 is 0 Å². The van der Waals surface area contributed by atoms with Crippen LogP contribution in [-0.4, -0.2) is 30.6 Å². The Morgan fingerprint density at radius 3 is 2.85 bits per heavy atom. The lowest BCUT2D eigenvalue weighted by atomic mass is 10.1. The molecule has 0 radical (unpaired) electrons. The van der Waals surface area contributed by atoms with Gasteiger partial charge in [0.15, 0.2) is 6.61 Å². The Morgan fingerprint density at radius 2 is 2.03 bits per heavy atom. The molecule has 33 heavy (non-hydrogen) atoms. The van der Waals surface area contributed by atoms with Gasteiger partial charge in [-0.2, -0.15) is 4.98 Å². The predicted molar refractivity (Wildman–Crippen MR) is 122 cm³/mol. The molecular weight excluding hydrogens is 462 g/mol. The molecule has 5 rings (SSSR count). The minimum absolute atomic E-state index is 0.0278. The van der Waals surface area contributed by atoms with Gasteiger partial charge in [0, 0.05) is 6.04 Å². The molecule has 2 aromatic heterocycles. The number of ether oxygens (including phenoxy) is 1. The fourth-order valence-electron chi connectivity index (χ4n) is 3.83. The number of anilines is 1. The maximum atomic E-state index is 13.4. The normalized spacial score (nSPS) is 15.4. The van der Waals surface area contributed by atoms with Gasteiger partial charge >= 0.3 is 5.97 Å². The van der Waals surface area contributed by atoms with Gasteiger partial charge in [-0.05, 0) is 54.6 Å². The molecule has 1 aliphatic rings. The number of carbonyl (C=O) groups is 1. The summed E-state index contributed by atoms with van der Waals surface area (Å²) in [5.41, 5.74) is 1.76. The smallest absolute Gasteiger partial charge is 0.338 e. The molecule has 10 heteroatoms. The first-order valence-electron chi connectivity index (χ1n) is 10.2. The summed E-state index contributed by atoms with van der Waals surface area (Å²) < 4.78 is 38.7. The average Bonchev–Trinajstić information content (AvgIpc) is 3.56. The third kappa shape index (κ3) is 4.03. The van der Waals surface area contributed by atoms with Crippen LogP contribution in [0.4, 0.5) is 5.69 Å². The van der Waals surface area contributed by atoms with Gasteiger partial charge in [0.1, 0.15) is 0 Å². The average molecular weight is 482 g/mol. The first kappa shape index (κ1) is 21.4. The number of nitrogens with zero attached hydrogens (tertiary/aromatic N) is 3. The molecule has 0 saturated carbocycles. The Balaban J connectivity index is 1.33. The van der Waals surface area contributed by atoms with Gasteiger partial charge < -0.3 is 9.26 Å². The third-order valence-corrected chi connectivity index (χ3v) is 8.09. The van der Waals surface area contributed by atoms with Gasteiger partial charge in [-0.15, -0.1) is 11.3 Å². The van der Waals surface area contributed by atoms with Crippen LogP contribution in [0.25, 0.3) is 10.8 Å². The molecule has 0 saturated heterocycles. The molecule has 1 unspecified atom stereocenters. The van der Waals surface area contributed by atoms with Crippen molar-refractivity contribution >= 4 is 33.0 Å². The molecule has 1 aliphatic heterocycles. The Bertz CT molecular complexity index is 1410. The molecular formula is C23H19N3O5S2. The van der Waals surface area contributed by atoms with Gasteiger partial charge in [0.05, 0.1) is 21.0 Å². The zero-order valence-corrected chi connectivity index (χ0v) is 19.2. The van der Waals surface area contributed by atoms with Crippen molar-refractivity contribution < 1.29 is 22.5 Å². The summed E-state index contributed by atoms with van der Waals surface area (Å²) in [6.07, 6.45) is 0.634.